The number of hydrogen-bond acceptors (Lipinski definition) is 5. The summed E-state index contributed by atoms with van der Waals surface area (Å²) in [4.78, 5) is 26.0. The molecule has 1 atom stereocenters. The molecule has 146 valence electrons. The highest BCUT2D eigenvalue weighted by Gasteiger charge is 2.40. The van der Waals surface area contributed by atoms with Crippen LogP contribution in [0, 0.1) is 5.92 Å². The van der Waals surface area contributed by atoms with Gasteiger partial charge in [0.05, 0.1) is 4.91 Å². The minimum absolute atomic E-state index is 0.119. The van der Waals surface area contributed by atoms with Gasteiger partial charge in [0.15, 0.2) is 0 Å². The number of halogens is 1. The molecule has 2 heterocycles. The maximum Gasteiger partial charge on any atom is 0.326 e. The van der Waals surface area contributed by atoms with Gasteiger partial charge in [-0.25, -0.2) is 4.79 Å². The average Bonchev–Trinajstić information content (AvgIpc) is 3.19. The summed E-state index contributed by atoms with van der Waals surface area (Å²) in [5.74, 6) is -0.147. The van der Waals surface area contributed by atoms with Crippen LogP contribution in [0.5, 0.6) is 0 Å². The third-order valence-corrected chi connectivity index (χ3v) is 6.00. The van der Waals surface area contributed by atoms with E-state index in [4.69, 9.17) is 16.6 Å². The van der Waals surface area contributed by atoms with E-state index in [9.17, 15) is 14.7 Å². The summed E-state index contributed by atoms with van der Waals surface area (Å²) in [5.41, 5.74) is 0.915. The lowest BCUT2D eigenvalue weighted by Crippen LogP contribution is -2.44. The number of amides is 1. The lowest BCUT2D eigenvalue weighted by molar-refractivity contribution is -0.145. The Kier molecular flexibility index (Phi) is 6.42. The summed E-state index contributed by atoms with van der Waals surface area (Å²) >= 11 is 9.77. The van der Waals surface area contributed by atoms with Crippen molar-refractivity contribution in [3.05, 3.63) is 51.5 Å². The molecule has 28 heavy (non-hydrogen) atoms. The van der Waals surface area contributed by atoms with E-state index in [0.29, 0.717) is 22.8 Å². The minimum atomic E-state index is -1.05. The second kappa shape index (κ2) is 8.63. The van der Waals surface area contributed by atoms with E-state index in [1.165, 1.54) is 4.90 Å². The van der Waals surface area contributed by atoms with Crippen molar-refractivity contribution in [1.29, 1.82) is 0 Å². The molecule has 8 heteroatoms. The molecule has 1 aliphatic heterocycles. The van der Waals surface area contributed by atoms with Crippen LogP contribution in [-0.2, 0) is 9.59 Å². The van der Waals surface area contributed by atoms with Crippen molar-refractivity contribution in [1.82, 2.24) is 4.90 Å². The summed E-state index contributed by atoms with van der Waals surface area (Å²) in [6.45, 7) is 3.83. The van der Waals surface area contributed by atoms with Gasteiger partial charge in [0.1, 0.15) is 21.9 Å². The summed E-state index contributed by atoms with van der Waals surface area (Å²) in [6, 6.07) is 10.3. The lowest BCUT2D eigenvalue weighted by atomic mass is 10.0. The molecule has 0 saturated carbocycles. The molecule has 0 unspecified atom stereocenters. The third-order valence-electron chi connectivity index (χ3n) is 4.14. The van der Waals surface area contributed by atoms with Gasteiger partial charge in [-0.15, -0.1) is 0 Å². The molecule has 3 rings (SSSR count). The van der Waals surface area contributed by atoms with Gasteiger partial charge in [0, 0.05) is 16.1 Å². The predicted molar refractivity (Wildman–Crippen MR) is 118 cm³/mol. The van der Waals surface area contributed by atoms with E-state index >= 15 is 0 Å². The fourth-order valence-electron chi connectivity index (χ4n) is 2.84. The van der Waals surface area contributed by atoms with Crippen molar-refractivity contribution in [2.24, 2.45) is 5.92 Å². The van der Waals surface area contributed by atoms with E-state index in [1.54, 1.807) is 12.1 Å². The van der Waals surface area contributed by atoms with Gasteiger partial charge in [-0.3, -0.25) is 9.69 Å². The number of carboxylic acid groups (broad SMARTS) is 1. The number of thioether (sulfide) groups is 1. The van der Waals surface area contributed by atoms with E-state index in [-0.39, 0.29) is 10.2 Å². The highest BCUT2D eigenvalue weighted by Crippen LogP contribution is 2.36. The fraction of sp³-hybridized carbons (Fsp3) is 0.250. The second-order valence-electron chi connectivity index (χ2n) is 6.74. The Morgan fingerprint density at radius 1 is 1.29 bits per heavy atom. The molecule has 5 nitrogen and oxygen atoms in total. The minimum Gasteiger partial charge on any atom is -0.480 e. The van der Waals surface area contributed by atoms with Gasteiger partial charge in [0.25, 0.3) is 5.91 Å². The Bertz CT molecular complexity index is 949. The van der Waals surface area contributed by atoms with Crippen LogP contribution >= 0.6 is 39.9 Å². The Balaban J connectivity index is 1.84. The standard InChI is InChI=1S/C20H18BrNO4S2/c1-11(2)9-15(19(24)25)22-18(23)17(28-20(22)27)10-14-7-8-16(26-14)12-3-5-13(21)6-4-12/h3-8,10-11,15H,9H2,1-2H3,(H,24,25)/b17-10+/t15-/m0/s1. The Labute approximate surface area is 180 Å². The molecule has 1 aromatic carbocycles. The first-order valence-electron chi connectivity index (χ1n) is 8.62. The van der Waals surface area contributed by atoms with Crippen molar-refractivity contribution < 1.29 is 19.1 Å². The summed E-state index contributed by atoms with van der Waals surface area (Å²) < 4.78 is 7.05. The number of carbonyl (C=O) groups excluding carboxylic acids is 1. The first-order valence-corrected chi connectivity index (χ1v) is 10.6. The van der Waals surface area contributed by atoms with Gasteiger partial charge in [-0.05, 0) is 36.6 Å². The molecule has 1 aliphatic rings. The molecule has 2 aromatic rings. The largest absolute Gasteiger partial charge is 0.480 e. The fourth-order valence-corrected chi connectivity index (χ4v) is 4.44. The number of hydrogen-bond donors (Lipinski definition) is 1. The normalized spacial score (nSPS) is 17.0. The zero-order chi connectivity index (χ0) is 20.4. The molecule has 1 amide bonds. The summed E-state index contributed by atoms with van der Waals surface area (Å²) in [7, 11) is 0. The number of benzene rings is 1. The second-order valence-corrected chi connectivity index (χ2v) is 9.34. The molecule has 0 bridgehead atoms. The molecule has 1 aromatic heterocycles. The van der Waals surface area contributed by atoms with Crippen LogP contribution in [0.1, 0.15) is 26.0 Å². The number of carbonyl (C=O) groups is 2. The summed E-state index contributed by atoms with van der Waals surface area (Å²) in [6.07, 6.45) is 1.94. The average molecular weight is 480 g/mol. The van der Waals surface area contributed by atoms with Gasteiger partial charge >= 0.3 is 5.97 Å². The first-order chi connectivity index (χ1) is 13.3. The number of rotatable bonds is 6. The number of aliphatic carboxylic acids is 1. The number of carboxylic acids is 1. The predicted octanol–water partition coefficient (Wildman–Crippen LogP) is 5.41. The molecule has 0 spiro atoms. The van der Waals surface area contributed by atoms with Crippen LogP contribution in [0.4, 0.5) is 0 Å². The molecular weight excluding hydrogens is 462 g/mol. The van der Waals surface area contributed by atoms with Crippen molar-refractivity contribution >= 4 is 62.2 Å². The van der Waals surface area contributed by atoms with Gasteiger partial charge in [0.2, 0.25) is 0 Å². The van der Waals surface area contributed by atoms with E-state index in [1.807, 2.05) is 44.2 Å². The van der Waals surface area contributed by atoms with Crippen LogP contribution in [-0.4, -0.2) is 32.2 Å². The van der Waals surface area contributed by atoms with E-state index in [2.05, 4.69) is 15.9 Å². The summed E-state index contributed by atoms with van der Waals surface area (Å²) in [5, 5.41) is 9.54. The van der Waals surface area contributed by atoms with Gasteiger partial charge < -0.3 is 9.52 Å². The Hall–Kier alpha value is -1.90. The maximum atomic E-state index is 12.8. The molecule has 1 saturated heterocycles. The SMILES string of the molecule is CC(C)C[C@@H](C(=O)O)N1C(=O)/C(=C\c2ccc(-c3ccc(Br)cc3)o2)SC1=S. The quantitative estimate of drug-likeness (QED) is 0.441. The molecule has 1 fully saturated rings. The Morgan fingerprint density at radius 2 is 1.96 bits per heavy atom. The molecule has 0 aliphatic carbocycles. The van der Waals surface area contributed by atoms with Gasteiger partial charge in [-0.1, -0.05) is 65.9 Å². The van der Waals surface area contributed by atoms with Crippen LogP contribution in [0.15, 0.2) is 50.2 Å². The maximum absolute atomic E-state index is 12.8. The molecule has 0 radical (unpaired) electrons. The van der Waals surface area contributed by atoms with Crippen molar-refractivity contribution in [3.8, 4) is 11.3 Å². The van der Waals surface area contributed by atoms with Crippen LogP contribution < -0.4 is 0 Å². The van der Waals surface area contributed by atoms with Crippen molar-refractivity contribution in [2.45, 2.75) is 26.3 Å². The van der Waals surface area contributed by atoms with E-state index in [0.717, 1.165) is 21.8 Å². The van der Waals surface area contributed by atoms with Crippen LogP contribution in [0.3, 0.4) is 0 Å². The van der Waals surface area contributed by atoms with Crippen molar-refractivity contribution in [3.63, 3.8) is 0 Å². The lowest BCUT2D eigenvalue weighted by Gasteiger charge is -2.24. The zero-order valence-corrected chi connectivity index (χ0v) is 18.4. The van der Waals surface area contributed by atoms with Crippen LogP contribution in [0.25, 0.3) is 17.4 Å². The smallest absolute Gasteiger partial charge is 0.326 e. The number of thiocarbonyl (C=S) groups is 1. The van der Waals surface area contributed by atoms with Crippen molar-refractivity contribution in [2.75, 3.05) is 0 Å². The van der Waals surface area contributed by atoms with Gasteiger partial charge in [-0.2, -0.15) is 0 Å². The van der Waals surface area contributed by atoms with E-state index < -0.39 is 17.9 Å². The highest BCUT2D eigenvalue weighted by atomic mass is 79.9. The van der Waals surface area contributed by atoms with Crippen LogP contribution in [0.2, 0.25) is 0 Å². The third kappa shape index (κ3) is 4.56. The highest BCUT2D eigenvalue weighted by molar-refractivity contribution is 9.10. The zero-order valence-electron chi connectivity index (χ0n) is 15.2. The molecular formula is C20H18BrNO4S2. The number of furan rings is 1. The first kappa shape index (κ1) is 20.8. The topological polar surface area (TPSA) is 70.8 Å². The monoisotopic (exact) mass is 479 g/mol. The molecule has 1 N–H and O–H groups in total. The Morgan fingerprint density at radius 3 is 2.57 bits per heavy atom. The number of nitrogens with zero attached hydrogens (tertiary/aromatic N) is 1.